The number of benzene rings is 1. The van der Waals surface area contributed by atoms with Crippen molar-refractivity contribution in [3.63, 3.8) is 0 Å². The molecule has 3 atom stereocenters. The molecule has 1 amide bonds. The van der Waals surface area contributed by atoms with Crippen molar-refractivity contribution < 1.29 is 4.79 Å². The Morgan fingerprint density at radius 3 is 2.80 bits per heavy atom. The van der Waals surface area contributed by atoms with Gasteiger partial charge in [0, 0.05) is 25.8 Å². The zero-order valence-corrected chi connectivity index (χ0v) is 14.8. The number of nitrogens with one attached hydrogen (secondary N) is 1. The molecule has 1 aromatic heterocycles. The van der Waals surface area contributed by atoms with E-state index in [0.29, 0.717) is 12.0 Å². The van der Waals surface area contributed by atoms with Gasteiger partial charge in [0.25, 0.3) is 0 Å². The molecule has 2 aliphatic rings. The Labute approximate surface area is 149 Å². The number of amides is 1. The maximum atomic E-state index is 12.8. The minimum absolute atomic E-state index is 0.0541. The highest BCUT2D eigenvalue weighted by Crippen LogP contribution is 2.30. The molecule has 2 aromatic rings. The van der Waals surface area contributed by atoms with Crippen LogP contribution in [0.2, 0.25) is 0 Å². The number of carbonyl (C=O) groups excluding carboxylic acids is 1. The molecule has 5 nitrogen and oxygen atoms in total. The molecule has 5 heteroatoms. The van der Waals surface area contributed by atoms with Gasteiger partial charge in [-0.2, -0.15) is 5.10 Å². The van der Waals surface area contributed by atoms with Crippen LogP contribution in [0, 0.1) is 5.92 Å². The number of anilines is 1. The summed E-state index contributed by atoms with van der Waals surface area (Å²) in [6.45, 7) is 0.776. The molecule has 132 valence electrons. The van der Waals surface area contributed by atoms with Crippen molar-refractivity contribution in [2.45, 2.75) is 44.2 Å². The predicted octanol–water partition coefficient (Wildman–Crippen LogP) is 2.53. The molecule has 4 rings (SSSR count). The van der Waals surface area contributed by atoms with Crippen molar-refractivity contribution in [1.82, 2.24) is 15.1 Å². The molecule has 2 fully saturated rings. The summed E-state index contributed by atoms with van der Waals surface area (Å²) in [5.74, 6) is 0.820. The van der Waals surface area contributed by atoms with Crippen molar-refractivity contribution >= 4 is 11.6 Å². The molecule has 1 N–H and O–H groups in total. The van der Waals surface area contributed by atoms with Crippen LogP contribution in [0.3, 0.4) is 0 Å². The van der Waals surface area contributed by atoms with E-state index in [0.717, 1.165) is 25.1 Å². The molecule has 2 heterocycles. The summed E-state index contributed by atoms with van der Waals surface area (Å²) in [6.07, 6.45) is 9.34. The Morgan fingerprint density at radius 1 is 1.20 bits per heavy atom. The zero-order valence-electron chi connectivity index (χ0n) is 14.8. The first-order valence-electron chi connectivity index (χ1n) is 9.31. The van der Waals surface area contributed by atoms with E-state index >= 15 is 0 Å². The Morgan fingerprint density at radius 2 is 2.04 bits per heavy atom. The maximum Gasteiger partial charge on any atom is 0.244 e. The van der Waals surface area contributed by atoms with E-state index in [9.17, 15) is 4.79 Å². The van der Waals surface area contributed by atoms with Crippen molar-refractivity contribution in [3.8, 4) is 0 Å². The van der Waals surface area contributed by atoms with Gasteiger partial charge in [0.2, 0.25) is 5.91 Å². The highest BCUT2D eigenvalue weighted by molar-refractivity contribution is 5.99. The number of aromatic nitrogens is 2. The standard InChI is InChI=1S/C20H26N4O/c1-23-14-17(13-21-23)24-11-10-19(20(24)25)22-18-9-5-8-16(18)12-15-6-3-2-4-7-15/h2-4,6-7,13-14,16,18-19,22H,5,8-12H2,1H3/t16-,18+,19+/m1/s1. The first kappa shape index (κ1) is 16.3. The summed E-state index contributed by atoms with van der Waals surface area (Å²) < 4.78 is 1.75. The van der Waals surface area contributed by atoms with Crippen LogP contribution in [0.5, 0.6) is 0 Å². The van der Waals surface area contributed by atoms with E-state index in [4.69, 9.17) is 0 Å². The van der Waals surface area contributed by atoms with Crippen molar-refractivity contribution in [2.24, 2.45) is 13.0 Å². The fourth-order valence-corrected chi connectivity index (χ4v) is 4.31. The summed E-state index contributed by atoms with van der Waals surface area (Å²) in [6, 6.07) is 11.1. The Bertz CT molecular complexity index is 726. The average molecular weight is 338 g/mol. The lowest BCUT2D eigenvalue weighted by Crippen LogP contribution is -2.45. The highest BCUT2D eigenvalue weighted by atomic mass is 16.2. The number of carbonyl (C=O) groups is 1. The van der Waals surface area contributed by atoms with Crippen LogP contribution in [0.4, 0.5) is 5.69 Å². The van der Waals surface area contributed by atoms with E-state index in [1.54, 1.807) is 10.9 Å². The van der Waals surface area contributed by atoms with Crippen molar-refractivity contribution in [3.05, 3.63) is 48.3 Å². The molecule has 0 radical (unpaired) electrons. The fourth-order valence-electron chi connectivity index (χ4n) is 4.31. The average Bonchev–Trinajstić information content (AvgIpc) is 3.32. The molecule has 25 heavy (non-hydrogen) atoms. The summed E-state index contributed by atoms with van der Waals surface area (Å²) >= 11 is 0. The van der Waals surface area contributed by atoms with Gasteiger partial charge in [0.15, 0.2) is 0 Å². The molecular weight excluding hydrogens is 312 g/mol. The summed E-state index contributed by atoms with van der Waals surface area (Å²) in [5, 5.41) is 7.87. The molecule has 0 bridgehead atoms. The Kier molecular flexibility index (Phi) is 4.57. The molecule has 0 unspecified atom stereocenters. The molecule has 1 aliphatic heterocycles. The van der Waals surface area contributed by atoms with Gasteiger partial charge in [-0.05, 0) is 37.2 Å². The number of rotatable bonds is 5. The summed E-state index contributed by atoms with van der Waals surface area (Å²) in [4.78, 5) is 14.7. The van der Waals surface area contributed by atoms with Crippen molar-refractivity contribution in [2.75, 3.05) is 11.4 Å². The lowest BCUT2D eigenvalue weighted by atomic mass is 9.94. The Hall–Kier alpha value is -2.14. The molecule has 1 saturated carbocycles. The quantitative estimate of drug-likeness (QED) is 0.911. The predicted molar refractivity (Wildman–Crippen MR) is 98.4 cm³/mol. The lowest BCUT2D eigenvalue weighted by molar-refractivity contribution is -0.119. The van der Waals surface area contributed by atoms with Gasteiger partial charge in [-0.25, -0.2) is 0 Å². The Balaban J connectivity index is 1.39. The normalized spacial score (nSPS) is 26.5. The lowest BCUT2D eigenvalue weighted by Gasteiger charge is -2.24. The van der Waals surface area contributed by atoms with Crippen LogP contribution in [-0.2, 0) is 18.3 Å². The summed E-state index contributed by atoms with van der Waals surface area (Å²) in [5.41, 5.74) is 2.31. The van der Waals surface area contributed by atoms with E-state index in [1.165, 1.54) is 24.8 Å². The van der Waals surface area contributed by atoms with Crippen LogP contribution in [0.15, 0.2) is 42.7 Å². The third-order valence-corrected chi connectivity index (χ3v) is 5.62. The fraction of sp³-hybridized carbons (Fsp3) is 0.500. The van der Waals surface area contributed by atoms with Crippen LogP contribution < -0.4 is 10.2 Å². The van der Waals surface area contributed by atoms with Gasteiger partial charge >= 0.3 is 0 Å². The maximum absolute atomic E-state index is 12.8. The van der Waals surface area contributed by atoms with Crippen LogP contribution in [0.25, 0.3) is 0 Å². The van der Waals surface area contributed by atoms with Gasteiger partial charge in [0.1, 0.15) is 0 Å². The first-order chi connectivity index (χ1) is 12.2. The van der Waals surface area contributed by atoms with Crippen LogP contribution >= 0.6 is 0 Å². The minimum Gasteiger partial charge on any atom is -0.308 e. The smallest absolute Gasteiger partial charge is 0.244 e. The van der Waals surface area contributed by atoms with Gasteiger partial charge in [-0.3, -0.25) is 9.48 Å². The van der Waals surface area contributed by atoms with Crippen LogP contribution in [-0.4, -0.2) is 34.3 Å². The zero-order chi connectivity index (χ0) is 17.2. The van der Waals surface area contributed by atoms with Gasteiger partial charge in [0.05, 0.1) is 17.9 Å². The third kappa shape index (κ3) is 3.47. The number of nitrogens with zero attached hydrogens (tertiary/aromatic N) is 3. The number of hydrogen-bond donors (Lipinski definition) is 1. The number of hydrogen-bond acceptors (Lipinski definition) is 3. The second-order valence-electron chi connectivity index (χ2n) is 7.36. The second-order valence-corrected chi connectivity index (χ2v) is 7.36. The minimum atomic E-state index is -0.0541. The monoisotopic (exact) mass is 338 g/mol. The second kappa shape index (κ2) is 7.00. The van der Waals surface area contributed by atoms with E-state index < -0.39 is 0 Å². The largest absolute Gasteiger partial charge is 0.308 e. The molecule has 1 aliphatic carbocycles. The molecule has 1 saturated heterocycles. The van der Waals surface area contributed by atoms with Gasteiger partial charge < -0.3 is 10.2 Å². The van der Waals surface area contributed by atoms with E-state index in [1.807, 2.05) is 18.1 Å². The van der Waals surface area contributed by atoms with Gasteiger partial charge in [-0.15, -0.1) is 0 Å². The van der Waals surface area contributed by atoms with Crippen molar-refractivity contribution in [1.29, 1.82) is 0 Å². The van der Waals surface area contributed by atoms with Gasteiger partial charge in [-0.1, -0.05) is 36.8 Å². The topological polar surface area (TPSA) is 50.2 Å². The third-order valence-electron chi connectivity index (χ3n) is 5.62. The van der Waals surface area contributed by atoms with Crippen LogP contribution in [0.1, 0.15) is 31.2 Å². The first-order valence-corrected chi connectivity index (χ1v) is 9.31. The summed E-state index contributed by atoms with van der Waals surface area (Å²) in [7, 11) is 1.88. The number of aryl methyl sites for hydroxylation is 1. The molecule has 0 spiro atoms. The highest BCUT2D eigenvalue weighted by Gasteiger charge is 2.37. The molecule has 1 aromatic carbocycles. The van der Waals surface area contributed by atoms with E-state index in [2.05, 4.69) is 40.7 Å². The van der Waals surface area contributed by atoms with E-state index in [-0.39, 0.29) is 11.9 Å². The molecular formula is C20H26N4O. The SMILES string of the molecule is Cn1cc(N2CC[C@H](N[C@H]3CCC[C@@H]3Cc3ccccc3)C2=O)cn1.